The Morgan fingerprint density at radius 3 is 2.65 bits per heavy atom. The Morgan fingerprint density at radius 1 is 1.24 bits per heavy atom. The smallest absolute Gasteiger partial charge is 0.101 e. The van der Waals surface area contributed by atoms with Crippen LogP contribution < -0.4 is 5.73 Å². The van der Waals surface area contributed by atoms with Crippen molar-refractivity contribution in [1.82, 2.24) is 0 Å². The molecule has 0 aliphatic carbocycles. The Balaban J connectivity index is 2.68. The molecule has 0 unspecified atom stereocenters. The topological polar surface area (TPSA) is 49.8 Å². The summed E-state index contributed by atoms with van der Waals surface area (Å²) >= 11 is 5.98. The van der Waals surface area contributed by atoms with Crippen LogP contribution in [-0.2, 0) is 0 Å². The standard InChI is InChI=1S/C14H11ClN2/c1-9-3-2-4-10(5-9)13-7-12(15)6-11(8-16)14(13)17/h2-7H,17H2,1H3. The van der Waals surface area contributed by atoms with E-state index >= 15 is 0 Å². The van der Waals surface area contributed by atoms with Crippen molar-refractivity contribution in [3.05, 3.63) is 52.5 Å². The molecule has 0 bridgehead atoms. The number of anilines is 1. The monoisotopic (exact) mass is 242 g/mol. The summed E-state index contributed by atoms with van der Waals surface area (Å²) in [6.45, 7) is 2.01. The summed E-state index contributed by atoms with van der Waals surface area (Å²) in [5.74, 6) is 0. The molecule has 3 heteroatoms. The summed E-state index contributed by atoms with van der Waals surface area (Å²) < 4.78 is 0. The van der Waals surface area contributed by atoms with Crippen molar-refractivity contribution in [1.29, 1.82) is 5.26 Å². The summed E-state index contributed by atoms with van der Waals surface area (Å²) in [7, 11) is 0. The second kappa shape index (κ2) is 4.48. The van der Waals surface area contributed by atoms with Crippen LogP contribution in [0.5, 0.6) is 0 Å². The van der Waals surface area contributed by atoms with E-state index in [-0.39, 0.29) is 0 Å². The molecule has 17 heavy (non-hydrogen) atoms. The van der Waals surface area contributed by atoms with Gasteiger partial charge in [-0.3, -0.25) is 0 Å². The molecule has 0 saturated heterocycles. The van der Waals surface area contributed by atoms with Gasteiger partial charge in [0, 0.05) is 10.6 Å². The van der Waals surface area contributed by atoms with Gasteiger partial charge in [0.25, 0.3) is 0 Å². The molecule has 2 aromatic carbocycles. The van der Waals surface area contributed by atoms with Crippen molar-refractivity contribution in [3.63, 3.8) is 0 Å². The van der Waals surface area contributed by atoms with E-state index in [1.54, 1.807) is 12.1 Å². The quantitative estimate of drug-likeness (QED) is 0.774. The van der Waals surface area contributed by atoms with Crippen LogP contribution in [0, 0.1) is 18.3 Å². The minimum absolute atomic E-state index is 0.411. The summed E-state index contributed by atoms with van der Waals surface area (Å²) in [5.41, 5.74) is 9.77. The Morgan fingerprint density at radius 2 is 2.00 bits per heavy atom. The van der Waals surface area contributed by atoms with Gasteiger partial charge in [0.1, 0.15) is 6.07 Å². The Labute approximate surface area is 105 Å². The van der Waals surface area contributed by atoms with Crippen molar-refractivity contribution in [2.24, 2.45) is 0 Å². The first-order valence-corrected chi connectivity index (χ1v) is 5.56. The lowest BCUT2D eigenvalue weighted by Crippen LogP contribution is -1.94. The third-order valence-corrected chi connectivity index (χ3v) is 2.81. The first-order valence-electron chi connectivity index (χ1n) is 5.18. The van der Waals surface area contributed by atoms with Crippen molar-refractivity contribution < 1.29 is 0 Å². The molecule has 0 spiro atoms. The van der Waals surface area contributed by atoms with Gasteiger partial charge >= 0.3 is 0 Å². The van der Waals surface area contributed by atoms with Gasteiger partial charge < -0.3 is 5.73 Å². The van der Waals surface area contributed by atoms with E-state index in [4.69, 9.17) is 22.6 Å². The van der Waals surface area contributed by atoms with Gasteiger partial charge in [-0.05, 0) is 24.6 Å². The predicted octanol–water partition coefficient (Wildman–Crippen LogP) is 3.77. The molecule has 0 heterocycles. The molecule has 0 atom stereocenters. The molecule has 2 rings (SSSR count). The van der Waals surface area contributed by atoms with Gasteiger partial charge in [0.2, 0.25) is 0 Å². The van der Waals surface area contributed by atoms with E-state index in [9.17, 15) is 0 Å². The van der Waals surface area contributed by atoms with E-state index < -0.39 is 0 Å². The highest BCUT2D eigenvalue weighted by Gasteiger charge is 2.09. The average molecular weight is 243 g/mol. The highest BCUT2D eigenvalue weighted by Crippen LogP contribution is 2.32. The predicted molar refractivity (Wildman–Crippen MR) is 70.8 cm³/mol. The maximum Gasteiger partial charge on any atom is 0.101 e. The molecule has 2 aromatic rings. The van der Waals surface area contributed by atoms with Crippen LogP contribution >= 0.6 is 11.6 Å². The highest BCUT2D eigenvalue weighted by molar-refractivity contribution is 6.31. The molecule has 0 amide bonds. The number of hydrogen-bond donors (Lipinski definition) is 1. The molecule has 84 valence electrons. The molecule has 2 N–H and O–H groups in total. The van der Waals surface area contributed by atoms with Gasteiger partial charge in [-0.15, -0.1) is 0 Å². The van der Waals surface area contributed by atoms with Crippen LogP contribution in [0.1, 0.15) is 11.1 Å². The molecule has 0 radical (unpaired) electrons. The van der Waals surface area contributed by atoms with E-state index in [1.807, 2.05) is 31.2 Å². The van der Waals surface area contributed by atoms with Crippen molar-refractivity contribution in [2.75, 3.05) is 5.73 Å². The molecule has 0 aliphatic heterocycles. The zero-order valence-corrected chi connectivity index (χ0v) is 10.1. The minimum Gasteiger partial charge on any atom is -0.397 e. The van der Waals surface area contributed by atoms with Crippen molar-refractivity contribution in [2.45, 2.75) is 6.92 Å². The van der Waals surface area contributed by atoms with Crippen LogP contribution in [0.15, 0.2) is 36.4 Å². The highest BCUT2D eigenvalue weighted by atomic mass is 35.5. The van der Waals surface area contributed by atoms with E-state index in [0.717, 1.165) is 16.7 Å². The number of benzene rings is 2. The summed E-state index contributed by atoms with van der Waals surface area (Å²) in [6, 6.07) is 13.4. The fourth-order valence-corrected chi connectivity index (χ4v) is 1.98. The number of aryl methyl sites for hydroxylation is 1. The third kappa shape index (κ3) is 2.25. The molecule has 0 aromatic heterocycles. The number of halogens is 1. The van der Waals surface area contributed by atoms with Gasteiger partial charge in [-0.25, -0.2) is 0 Å². The SMILES string of the molecule is Cc1cccc(-c2cc(Cl)cc(C#N)c2N)c1. The van der Waals surface area contributed by atoms with E-state index in [1.165, 1.54) is 0 Å². The van der Waals surface area contributed by atoms with Crippen LogP contribution in [0.3, 0.4) is 0 Å². The second-order valence-corrected chi connectivity index (χ2v) is 4.33. The fraction of sp³-hybridized carbons (Fsp3) is 0.0714. The Kier molecular flexibility index (Phi) is 3.03. The lowest BCUT2D eigenvalue weighted by atomic mass is 9.99. The summed E-state index contributed by atoms with van der Waals surface area (Å²) in [5, 5.41) is 9.50. The van der Waals surface area contributed by atoms with Crippen LogP contribution in [-0.4, -0.2) is 0 Å². The van der Waals surface area contributed by atoms with Gasteiger partial charge in [-0.2, -0.15) is 5.26 Å². The number of nitrogen functional groups attached to an aromatic ring is 1. The largest absolute Gasteiger partial charge is 0.397 e. The lowest BCUT2D eigenvalue weighted by Gasteiger charge is -2.09. The lowest BCUT2D eigenvalue weighted by molar-refractivity contribution is 1.45. The minimum atomic E-state index is 0.411. The molecule has 0 aliphatic rings. The third-order valence-electron chi connectivity index (χ3n) is 2.59. The normalized spacial score (nSPS) is 9.94. The molecule has 0 fully saturated rings. The Bertz CT molecular complexity index is 612. The van der Waals surface area contributed by atoms with Gasteiger partial charge in [0.05, 0.1) is 11.3 Å². The molecular weight excluding hydrogens is 232 g/mol. The second-order valence-electron chi connectivity index (χ2n) is 3.90. The van der Waals surface area contributed by atoms with Crippen molar-refractivity contribution in [3.8, 4) is 17.2 Å². The van der Waals surface area contributed by atoms with E-state index in [0.29, 0.717) is 16.3 Å². The molecule has 0 saturated carbocycles. The first kappa shape index (κ1) is 11.5. The van der Waals surface area contributed by atoms with Crippen molar-refractivity contribution >= 4 is 17.3 Å². The zero-order chi connectivity index (χ0) is 12.4. The zero-order valence-electron chi connectivity index (χ0n) is 9.37. The number of rotatable bonds is 1. The van der Waals surface area contributed by atoms with E-state index in [2.05, 4.69) is 6.07 Å². The number of nitrogens with two attached hydrogens (primary N) is 1. The first-order chi connectivity index (χ1) is 8.11. The number of nitrogens with zero attached hydrogens (tertiary/aromatic N) is 1. The number of nitriles is 1. The average Bonchev–Trinajstić information content (AvgIpc) is 2.31. The van der Waals surface area contributed by atoms with Gasteiger partial charge in [0.15, 0.2) is 0 Å². The van der Waals surface area contributed by atoms with Crippen LogP contribution in [0.2, 0.25) is 5.02 Å². The van der Waals surface area contributed by atoms with Gasteiger partial charge in [-0.1, -0.05) is 41.4 Å². The van der Waals surface area contributed by atoms with Crippen LogP contribution in [0.25, 0.3) is 11.1 Å². The summed E-state index contributed by atoms with van der Waals surface area (Å²) in [4.78, 5) is 0. The maximum atomic E-state index is 8.98. The number of hydrogen-bond acceptors (Lipinski definition) is 2. The molecule has 2 nitrogen and oxygen atoms in total. The summed E-state index contributed by atoms with van der Waals surface area (Å²) in [6.07, 6.45) is 0. The fourth-order valence-electron chi connectivity index (χ4n) is 1.76. The maximum absolute atomic E-state index is 8.98. The molecular formula is C14H11ClN2. The van der Waals surface area contributed by atoms with Crippen LogP contribution in [0.4, 0.5) is 5.69 Å². The Hall–Kier alpha value is -1.98.